The third-order valence-electron chi connectivity index (χ3n) is 2.67. The maximum absolute atomic E-state index is 11.2. The Morgan fingerprint density at radius 2 is 0.792 bits per heavy atom. The highest BCUT2D eigenvalue weighted by atomic mass is 16.1. The molecule has 0 saturated carbocycles. The molecule has 0 aromatic heterocycles. The first-order chi connectivity index (χ1) is 11.6. The zero-order valence-corrected chi connectivity index (χ0v) is 14.4. The van der Waals surface area contributed by atoms with Crippen LogP contribution in [0.5, 0.6) is 0 Å². The van der Waals surface area contributed by atoms with Crippen LogP contribution >= 0.6 is 0 Å². The largest absolute Gasteiger partial charge is 0.290 e. The number of rotatable bonds is 0. The fourth-order valence-electron chi connectivity index (χ4n) is 1.68. The van der Waals surface area contributed by atoms with Gasteiger partial charge in [-0.15, -0.1) is 0 Å². The van der Waals surface area contributed by atoms with Gasteiger partial charge in [0.05, 0.1) is 0 Å². The second-order valence-electron chi connectivity index (χ2n) is 4.08. The Hall–Kier alpha value is -2.88. The van der Waals surface area contributed by atoms with E-state index < -0.39 is 0 Å². The summed E-state index contributed by atoms with van der Waals surface area (Å²) in [7, 11) is 0. The molecule has 0 unspecified atom stereocenters. The molecule has 24 heavy (non-hydrogen) atoms. The summed E-state index contributed by atoms with van der Waals surface area (Å²) in [5.74, 6) is -0.426. The van der Waals surface area contributed by atoms with Gasteiger partial charge in [-0.2, -0.15) is 0 Å². The zero-order chi connectivity index (χ0) is 18.5. The van der Waals surface area contributed by atoms with Gasteiger partial charge >= 0.3 is 0 Å². The zero-order valence-electron chi connectivity index (χ0n) is 14.4. The number of fused-ring (bicyclic) bond motifs is 1. The average molecular weight is 326 g/mol. The van der Waals surface area contributed by atoms with Crippen LogP contribution in [0, 0.1) is 0 Å². The van der Waals surface area contributed by atoms with Crippen molar-refractivity contribution in [3.63, 3.8) is 0 Å². The normalized spacial score (nSPS) is 13.7. The molecule has 0 amide bonds. The summed E-state index contributed by atoms with van der Waals surface area (Å²) in [5, 5.41) is 0. The van der Waals surface area contributed by atoms with E-state index >= 15 is 0 Å². The smallest absolute Gasteiger partial charge is 0.186 e. The fraction of sp³-hybridized carbons (Fsp3) is 0.200. The summed E-state index contributed by atoms with van der Waals surface area (Å²) < 4.78 is 0. The summed E-state index contributed by atoms with van der Waals surface area (Å²) in [6, 6.07) is 6.84. The van der Waals surface area contributed by atoms with Crippen molar-refractivity contribution in [1.82, 2.24) is 0 Å². The highest BCUT2D eigenvalue weighted by Crippen LogP contribution is 2.15. The van der Waals surface area contributed by atoms with Crippen molar-refractivity contribution in [3.8, 4) is 0 Å². The van der Waals surface area contributed by atoms with Crippen LogP contribution < -0.4 is 0 Å². The minimum atomic E-state index is -0.121. The lowest BCUT2D eigenvalue weighted by Crippen LogP contribution is -2.10. The predicted molar refractivity (Wildman–Crippen MR) is 95.2 cm³/mol. The molecule has 0 spiro atoms. The lowest BCUT2D eigenvalue weighted by atomic mass is 9.95. The molecule has 4 heteroatoms. The molecule has 0 aliphatic heterocycles. The van der Waals surface area contributed by atoms with Gasteiger partial charge in [-0.1, -0.05) is 52.0 Å². The molecule has 2 aliphatic carbocycles. The lowest BCUT2D eigenvalue weighted by molar-refractivity contribution is -0.113. The third kappa shape index (κ3) is 6.48. The van der Waals surface area contributed by atoms with E-state index in [2.05, 4.69) is 0 Å². The van der Waals surface area contributed by atoms with Gasteiger partial charge in [0.1, 0.15) is 0 Å². The molecule has 0 N–H and O–H groups in total. The maximum atomic E-state index is 11.2. The predicted octanol–water partition coefficient (Wildman–Crippen LogP) is 3.92. The molecule has 0 radical (unpaired) electrons. The van der Waals surface area contributed by atoms with Crippen molar-refractivity contribution < 1.29 is 19.2 Å². The van der Waals surface area contributed by atoms with Gasteiger partial charge in [-0.25, -0.2) is 0 Å². The summed E-state index contributed by atoms with van der Waals surface area (Å²) in [6.07, 6.45) is 7.63. The molecular formula is C20H22O4. The van der Waals surface area contributed by atoms with Crippen LogP contribution in [-0.2, 0) is 9.59 Å². The van der Waals surface area contributed by atoms with E-state index in [4.69, 9.17) is 0 Å². The van der Waals surface area contributed by atoms with Gasteiger partial charge < -0.3 is 0 Å². The minimum Gasteiger partial charge on any atom is -0.290 e. The van der Waals surface area contributed by atoms with Gasteiger partial charge in [0.25, 0.3) is 0 Å². The number of carbonyl (C=O) groups is 4. The number of hydrogen-bond acceptors (Lipinski definition) is 4. The Balaban J connectivity index is 0.000000385. The van der Waals surface area contributed by atoms with E-state index in [1.54, 1.807) is 24.3 Å². The van der Waals surface area contributed by atoms with Crippen molar-refractivity contribution in [1.29, 1.82) is 0 Å². The Morgan fingerprint density at radius 1 is 0.500 bits per heavy atom. The van der Waals surface area contributed by atoms with Gasteiger partial charge in [-0.3, -0.25) is 19.2 Å². The van der Waals surface area contributed by atoms with Crippen LogP contribution in [0.2, 0.25) is 0 Å². The summed E-state index contributed by atoms with van der Waals surface area (Å²) in [5.41, 5.74) is 1.01. The summed E-state index contributed by atoms with van der Waals surface area (Å²) in [4.78, 5) is 42.9. The molecule has 3 rings (SSSR count). The van der Waals surface area contributed by atoms with Crippen molar-refractivity contribution in [2.45, 2.75) is 27.7 Å². The van der Waals surface area contributed by atoms with Crippen LogP contribution in [-0.4, -0.2) is 23.1 Å². The first kappa shape index (κ1) is 21.1. The number of allylic oxidation sites excluding steroid dienone is 6. The molecule has 0 fully saturated rings. The molecule has 126 valence electrons. The van der Waals surface area contributed by atoms with E-state index in [9.17, 15) is 19.2 Å². The standard InChI is InChI=1S/C10H6O2.C6H4O2.2C2H6/c11-9-5-6-10(12)8-4-2-1-3-7(8)9;7-5-1-2-6(8)4-3-5;2*1-2/h1-6H;1-4H;2*1-2H3. The summed E-state index contributed by atoms with van der Waals surface area (Å²) >= 11 is 0. The first-order valence-electron chi connectivity index (χ1n) is 7.88. The van der Waals surface area contributed by atoms with E-state index in [0.29, 0.717) is 11.1 Å². The van der Waals surface area contributed by atoms with E-state index in [-0.39, 0.29) is 23.1 Å². The average Bonchev–Trinajstić information content (AvgIpc) is 2.65. The summed E-state index contributed by atoms with van der Waals surface area (Å²) in [6.45, 7) is 8.00. The monoisotopic (exact) mass is 326 g/mol. The number of benzene rings is 1. The molecule has 0 atom stereocenters. The highest BCUT2D eigenvalue weighted by molar-refractivity contribution is 6.21. The number of hydrogen-bond donors (Lipinski definition) is 0. The minimum absolute atomic E-state index is 0.0924. The number of carbonyl (C=O) groups excluding carboxylic acids is 4. The Morgan fingerprint density at radius 3 is 1.08 bits per heavy atom. The van der Waals surface area contributed by atoms with Gasteiger partial charge in [0.2, 0.25) is 0 Å². The van der Waals surface area contributed by atoms with Crippen LogP contribution in [0.1, 0.15) is 48.4 Å². The van der Waals surface area contributed by atoms with Crippen LogP contribution in [0.3, 0.4) is 0 Å². The third-order valence-corrected chi connectivity index (χ3v) is 2.67. The quantitative estimate of drug-likeness (QED) is 0.678. The van der Waals surface area contributed by atoms with E-state index in [1.807, 2.05) is 27.7 Å². The fourth-order valence-corrected chi connectivity index (χ4v) is 1.68. The van der Waals surface area contributed by atoms with Crippen molar-refractivity contribution in [2.24, 2.45) is 0 Å². The molecule has 1 aromatic carbocycles. The highest BCUT2D eigenvalue weighted by Gasteiger charge is 2.16. The first-order valence-corrected chi connectivity index (χ1v) is 7.88. The number of ketones is 4. The molecule has 1 aromatic rings. The van der Waals surface area contributed by atoms with Crippen LogP contribution in [0.25, 0.3) is 0 Å². The topological polar surface area (TPSA) is 68.3 Å². The second-order valence-corrected chi connectivity index (χ2v) is 4.08. The lowest BCUT2D eigenvalue weighted by Gasteiger charge is -2.06. The van der Waals surface area contributed by atoms with Crippen LogP contribution in [0.15, 0.2) is 60.7 Å². The molecule has 4 nitrogen and oxygen atoms in total. The molecule has 0 saturated heterocycles. The van der Waals surface area contributed by atoms with E-state index in [0.717, 1.165) is 0 Å². The Labute approximate surface area is 142 Å². The van der Waals surface area contributed by atoms with Gasteiger partial charge in [0, 0.05) is 11.1 Å². The molecule has 0 bridgehead atoms. The Bertz CT molecular complexity index is 616. The van der Waals surface area contributed by atoms with Crippen molar-refractivity contribution in [3.05, 3.63) is 71.8 Å². The van der Waals surface area contributed by atoms with Gasteiger partial charge in [0.15, 0.2) is 23.1 Å². The Kier molecular flexibility index (Phi) is 10.3. The van der Waals surface area contributed by atoms with Crippen molar-refractivity contribution in [2.75, 3.05) is 0 Å². The van der Waals surface area contributed by atoms with E-state index in [1.165, 1.54) is 36.5 Å². The SMILES string of the molecule is CC.CC.O=C1C=CC(=O)C=C1.O=C1C=CC(=O)c2ccccc21. The molecule has 0 heterocycles. The molecular weight excluding hydrogens is 304 g/mol. The maximum Gasteiger partial charge on any atom is 0.186 e. The van der Waals surface area contributed by atoms with Crippen LogP contribution in [0.4, 0.5) is 0 Å². The van der Waals surface area contributed by atoms with Crippen molar-refractivity contribution >= 4 is 23.1 Å². The second kappa shape index (κ2) is 11.7. The molecule has 2 aliphatic rings. The van der Waals surface area contributed by atoms with Gasteiger partial charge in [-0.05, 0) is 36.5 Å².